The summed E-state index contributed by atoms with van der Waals surface area (Å²) in [4.78, 5) is 17.4. The fourth-order valence-electron chi connectivity index (χ4n) is 3.60. The van der Waals surface area contributed by atoms with Crippen LogP contribution in [0.5, 0.6) is 0 Å². The Morgan fingerprint density at radius 1 is 1.23 bits per heavy atom. The molecule has 2 heterocycles. The average Bonchev–Trinajstić information content (AvgIpc) is 3.29. The molecule has 1 amide bonds. The van der Waals surface area contributed by atoms with Crippen LogP contribution in [-0.2, 0) is 16.6 Å². The smallest absolute Gasteiger partial charge is 0.223 e. The molecular weight excluding hydrogens is 326 g/mol. The predicted octanol–water partition coefficient (Wildman–Crippen LogP) is 3.35. The number of aryl methyl sites for hydroxylation is 1. The van der Waals surface area contributed by atoms with E-state index in [9.17, 15) is 4.79 Å². The first-order valence-corrected chi connectivity index (χ1v) is 9.09. The van der Waals surface area contributed by atoms with E-state index >= 15 is 0 Å². The van der Waals surface area contributed by atoms with Crippen molar-refractivity contribution in [2.75, 3.05) is 6.61 Å². The number of benzene rings is 2. The predicted molar refractivity (Wildman–Crippen MR) is 101 cm³/mol. The maximum Gasteiger partial charge on any atom is 0.223 e. The Bertz CT molecular complexity index is 898. The van der Waals surface area contributed by atoms with E-state index in [1.807, 2.05) is 61.6 Å². The molecule has 1 saturated heterocycles. The average molecular weight is 349 g/mol. The molecule has 0 unspecified atom stereocenters. The minimum atomic E-state index is -0.289. The summed E-state index contributed by atoms with van der Waals surface area (Å²) in [6.07, 6.45) is 2.42. The molecule has 4 rings (SSSR count). The first-order chi connectivity index (χ1) is 12.7. The van der Waals surface area contributed by atoms with E-state index in [1.54, 1.807) is 0 Å². The fraction of sp³-hybridized carbons (Fsp3) is 0.333. The maximum absolute atomic E-state index is 12.7. The van der Waals surface area contributed by atoms with Gasteiger partial charge in [0.15, 0.2) is 0 Å². The first-order valence-electron chi connectivity index (χ1n) is 9.09. The Balaban J connectivity index is 1.66. The standard InChI is InChI=1S/C21H23N3O2/c1-24-18-12-6-5-11-17(18)22-21(24)20(15-8-3-2-4-9-15)23-19(25)14-16-10-7-13-26-16/h2-6,8-9,11-12,16,20H,7,10,13-14H2,1H3,(H,23,25)/t16-,20+/m0/s1. The summed E-state index contributed by atoms with van der Waals surface area (Å²) in [5.74, 6) is 0.830. The highest BCUT2D eigenvalue weighted by atomic mass is 16.5. The lowest BCUT2D eigenvalue weighted by molar-refractivity contribution is -0.123. The molecule has 0 saturated carbocycles. The molecule has 2 aromatic carbocycles. The number of nitrogens with zero attached hydrogens (tertiary/aromatic N) is 2. The van der Waals surface area contributed by atoms with Gasteiger partial charge in [0.25, 0.3) is 0 Å². The number of hydrogen-bond acceptors (Lipinski definition) is 3. The number of fused-ring (bicyclic) bond motifs is 1. The molecule has 1 aliphatic rings. The number of aromatic nitrogens is 2. The first kappa shape index (κ1) is 16.8. The van der Waals surface area contributed by atoms with E-state index in [4.69, 9.17) is 9.72 Å². The number of rotatable bonds is 5. The van der Waals surface area contributed by atoms with E-state index in [0.29, 0.717) is 6.42 Å². The van der Waals surface area contributed by atoms with Gasteiger partial charge in [-0.1, -0.05) is 42.5 Å². The Kier molecular flexibility index (Phi) is 4.71. The molecule has 0 aliphatic carbocycles. The van der Waals surface area contributed by atoms with E-state index in [0.717, 1.165) is 41.9 Å². The molecule has 1 N–H and O–H groups in total. The van der Waals surface area contributed by atoms with Gasteiger partial charge in [0.1, 0.15) is 11.9 Å². The molecule has 0 spiro atoms. The van der Waals surface area contributed by atoms with E-state index in [2.05, 4.69) is 9.88 Å². The van der Waals surface area contributed by atoms with Crippen molar-refractivity contribution in [1.29, 1.82) is 0 Å². The molecule has 5 heteroatoms. The van der Waals surface area contributed by atoms with Gasteiger partial charge in [-0.25, -0.2) is 4.98 Å². The third-order valence-electron chi connectivity index (χ3n) is 4.96. The molecule has 134 valence electrons. The van der Waals surface area contributed by atoms with Crippen molar-refractivity contribution in [2.45, 2.75) is 31.4 Å². The Hall–Kier alpha value is -2.66. The van der Waals surface area contributed by atoms with Crippen LogP contribution in [0.25, 0.3) is 11.0 Å². The van der Waals surface area contributed by atoms with Crippen LogP contribution in [0.1, 0.15) is 36.7 Å². The summed E-state index contributed by atoms with van der Waals surface area (Å²) in [6, 6.07) is 17.7. The summed E-state index contributed by atoms with van der Waals surface area (Å²) < 4.78 is 7.66. The highest BCUT2D eigenvalue weighted by molar-refractivity contribution is 5.79. The van der Waals surface area contributed by atoms with Crippen LogP contribution in [0.2, 0.25) is 0 Å². The number of ether oxygens (including phenoxy) is 1. The number of hydrogen-bond donors (Lipinski definition) is 1. The summed E-state index contributed by atoms with van der Waals surface area (Å²) >= 11 is 0. The largest absolute Gasteiger partial charge is 0.378 e. The molecule has 2 atom stereocenters. The molecule has 1 fully saturated rings. The Morgan fingerprint density at radius 2 is 2.00 bits per heavy atom. The van der Waals surface area contributed by atoms with Crippen molar-refractivity contribution < 1.29 is 9.53 Å². The molecular formula is C21H23N3O2. The highest BCUT2D eigenvalue weighted by Gasteiger charge is 2.25. The normalized spacial score (nSPS) is 18.1. The monoisotopic (exact) mass is 349 g/mol. The zero-order chi connectivity index (χ0) is 17.9. The number of imidazole rings is 1. The second-order valence-corrected chi connectivity index (χ2v) is 6.77. The van der Waals surface area contributed by atoms with Gasteiger partial charge in [0.2, 0.25) is 5.91 Å². The number of amides is 1. The lowest BCUT2D eigenvalue weighted by atomic mass is 10.1. The third-order valence-corrected chi connectivity index (χ3v) is 4.96. The van der Waals surface area contributed by atoms with Crippen molar-refractivity contribution in [3.63, 3.8) is 0 Å². The van der Waals surface area contributed by atoms with Crippen LogP contribution in [-0.4, -0.2) is 28.2 Å². The van der Waals surface area contributed by atoms with Gasteiger partial charge in [-0.3, -0.25) is 4.79 Å². The van der Waals surface area contributed by atoms with Crippen LogP contribution in [0.3, 0.4) is 0 Å². The number of para-hydroxylation sites is 2. The Labute approximate surface area is 153 Å². The van der Waals surface area contributed by atoms with Gasteiger partial charge in [0.05, 0.1) is 23.6 Å². The van der Waals surface area contributed by atoms with Crippen LogP contribution < -0.4 is 5.32 Å². The summed E-state index contributed by atoms with van der Waals surface area (Å²) in [7, 11) is 1.99. The lowest BCUT2D eigenvalue weighted by Crippen LogP contribution is -2.33. The number of carbonyl (C=O) groups excluding carboxylic acids is 1. The SMILES string of the molecule is Cn1c([C@H](NC(=O)C[C@@H]2CCCO2)c2ccccc2)nc2ccccc21. The molecule has 26 heavy (non-hydrogen) atoms. The molecule has 0 radical (unpaired) electrons. The summed E-state index contributed by atoms with van der Waals surface area (Å²) in [6.45, 7) is 0.755. The van der Waals surface area contributed by atoms with Crippen LogP contribution in [0.4, 0.5) is 0 Å². The second-order valence-electron chi connectivity index (χ2n) is 6.77. The van der Waals surface area contributed by atoms with E-state index in [1.165, 1.54) is 0 Å². The minimum absolute atomic E-state index is 0.00203. The van der Waals surface area contributed by atoms with Gasteiger partial charge in [-0.15, -0.1) is 0 Å². The molecule has 3 aromatic rings. The van der Waals surface area contributed by atoms with Crippen LogP contribution in [0.15, 0.2) is 54.6 Å². The van der Waals surface area contributed by atoms with Gasteiger partial charge < -0.3 is 14.6 Å². The highest BCUT2D eigenvalue weighted by Crippen LogP contribution is 2.25. The Morgan fingerprint density at radius 3 is 2.73 bits per heavy atom. The summed E-state index contributed by atoms with van der Waals surface area (Å²) in [5.41, 5.74) is 3.00. The lowest BCUT2D eigenvalue weighted by Gasteiger charge is -2.20. The van der Waals surface area contributed by atoms with Crippen LogP contribution >= 0.6 is 0 Å². The van der Waals surface area contributed by atoms with Gasteiger partial charge in [0, 0.05) is 13.7 Å². The van der Waals surface area contributed by atoms with Gasteiger partial charge in [-0.2, -0.15) is 0 Å². The van der Waals surface area contributed by atoms with Crippen molar-refractivity contribution in [3.8, 4) is 0 Å². The van der Waals surface area contributed by atoms with Gasteiger partial charge in [-0.05, 0) is 30.5 Å². The molecule has 0 bridgehead atoms. The number of nitrogens with one attached hydrogen (secondary N) is 1. The zero-order valence-corrected chi connectivity index (χ0v) is 14.9. The maximum atomic E-state index is 12.7. The van der Waals surface area contributed by atoms with Crippen molar-refractivity contribution >= 4 is 16.9 Å². The van der Waals surface area contributed by atoms with E-state index < -0.39 is 0 Å². The van der Waals surface area contributed by atoms with Gasteiger partial charge >= 0.3 is 0 Å². The number of carbonyl (C=O) groups is 1. The molecule has 1 aliphatic heterocycles. The quantitative estimate of drug-likeness (QED) is 0.768. The van der Waals surface area contributed by atoms with Crippen molar-refractivity contribution in [3.05, 3.63) is 66.0 Å². The molecule has 1 aromatic heterocycles. The topological polar surface area (TPSA) is 56.2 Å². The van der Waals surface area contributed by atoms with Crippen molar-refractivity contribution in [1.82, 2.24) is 14.9 Å². The second kappa shape index (κ2) is 7.30. The van der Waals surface area contributed by atoms with Crippen molar-refractivity contribution in [2.24, 2.45) is 7.05 Å². The fourth-order valence-corrected chi connectivity index (χ4v) is 3.60. The summed E-state index contributed by atoms with van der Waals surface area (Å²) in [5, 5.41) is 3.18. The van der Waals surface area contributed by atoms with Crippen LogP contribution in [0, 0.1) is 0 Å². The zero-order valence-electron chi connectivity index (χ0n) is 14.9. The third kappa shape index (κ3) is 3.35. The minimum Gasteiger partial charge on any atom is -0.378 e. The van der Waals surface area contributed by atoms with E-state index in [-0.39, 0.29) is 18.1 Å². The molecule has 5 nitrogen and oxygen atoms in total.